The van der Waals surface area contributed by atoms with Gasteiger partial charge in [-0.2, -0.15) is 0 Å². The number of aromatic nitrogens is 1. The molecular weight excluding hydrogens is 296 g/mol. The maximum absolute atomic E-state index is 12.2. The first-order valence-corrected chi connectivity index (χ1v) is 7.78. The van der Waals surface area contributed by atoms with Gasteiger partial charge in [0.05, 0.1) is 13.2 Å². The highest BCUT2D eigenvalue weighted by atomic mass is 32.1. The van der Waals surface area contributed by atoms with E-state index in [1.54, 1.807) is 35.6 Å². The normalized spacial score (nSPS) is 10.3. The average molecular weight is 310 g/mol. The summed E-state index contributed by atoms with van der Waals surface area (Å²) in [4.78, 5) is 30.4. The molecule has 0 aromatic carbocycles. The fraction of sp³-hybridized carbons (Fsp3) is 0.308. The molecule has 0 bridgehead atoms. The molecule has 0 N–H and O–H groups in total. The third kappa shape index (κ3) is 3.43. The Bertz CT molecular complexity index is 593. The van der Waals surface area contributed by atoms with Crippen LogP contribution in [0.1, 0.15) is 32.1 Å². The molecule has 2 heterocycles. The zero-order valence-corrected chi connectivity index (χ0v) is 12.8. The average Bonchev–Trinajstić information content (AvgIpc) is 3.09. The molecule has 0 fully saturated rings. The molecule has 5 nitrogen and oxygen atoms in total. The van der Waals surface area contributed by atoms with Crippen molar-refractivity contribution in [3.8, 4) is 0 Å². The maximum atomic E-state index is 12.2. The third-order valence-corrected chi connectivity index (χ3v) is 4.18. The molecule has 0 unspecified atom stereocenters. The van der Waals surface area contributed by atoms with Crippen LogP contribution in [-0.4, -0.2) is 35.4 Å². The van der Waals surface area contributed by atoms with Crippen LogP contribution in [0.3, 0.4) is 0 Å². The van der Waals surface area contributed by atoms with Crippen LogP contribution >= 0.6 is 22.7 Å². The van der Waals surface area contributed by atoms with Crippen molar-refractivity contribution < 1.29 is 14.3 Å². The molecule has 7 heteroatoms. The van der Waals surface area contributed by atoms with Crippen LogP contribution in [0, 0.1) is 0 Å². The van der Waals surface area contributed by atoms with Crippen molar-refractivity contribution in [2.24, 2.45) is 0 Å². The van der Waals surface area contributed by atoms with Gasteiger partial charge in [0, 0.05) is 17.3 Å². The van der Waals surface area contributed by atoms with E-state index >= 15 is 0 Å². The van der Waals surface area contributed by atoms with Crippen molar-refractivity contribution in [2.45, 2.75) is 13.5 Å². The molecule has 0 saturated carbocycles. The Hall–Kier alpha value is -1.73. The quantitative estimate of drug-likeness (QED) is 0.797. The van der Waals surface area contributed by atoms with E-state index in [9.17, 15) is 9.59 Å². The lowest BCUT2D eigenvalue weighted by molar-refractivity contribution is 0.0526. The number of thiazole rings is 1. The Morgan fingerprint density at radius 1 is 1.40 bits per heavy atom. The molecule has 0 aliphatic carbocycles. The molecule has 20 heavy (non-hydrogen) atoms. The van der Waals surface area contributed by atoms with Gasteiger partial charge >= 0.3 is 5.97 Å². The molecule has 106 valence electrons. The number of carbonyl (C=O) groups is 2. The number of carbonyl (C=O) groups excluding carboxylic acids is 2. The number of hydrogen-bond donors (Lipinski definition) is 0. The number of thiophene rings is 1. The molecule has 0 aliphatic rings. The lowest BCUT2D eigenvalue weighted by Gasteiger charge is -2.14. The number of nitrogens with zero attached hydrogens (tertiary/aromatic N) is 2. The van der Waals surface area contributed by atoms with E-state index in [2.05, 4.69) is 4.98 Å². The minimum atomic E-state index is -0.488. The summed E-state index contributed by atoms with van der Waals surface area (Å²) in [5, 5.41) is 3.76. The fourth-order valence-electron chi connectivity index (χ4n) is 1.56. The van der Waals surface area contributed by atoms with Crippen LogP contribution in [0.15, 0.2) is 22.9 Å². The Balaban J connectivity index is 2.03. The van der Waals surface area contributed by atoms with Crippen molar-refractivity contribution in [2.75, 3.05) is 13.7 Å². The van der Waals surface area contributed by atoms with Gasteiger partial charge in [-0.25, -0.2) is 9.78 Å². The predicted molar refractivity (Wildman–Crippen MR) is 78.2 cm³/mol. The predicted octanol–water partition coefficient (Wildman–Crippen LogP) is 2.65. The van der Waals surface area contributed by atoms with E-state index in [0.717, 1.165) is 16.2 Å². The summed E-state index contributed by atoms with van der Waals surface area (Å²) in [6.07, 6.45) is 0. The van der Waals surface area contributed by atoms with Gasteiger partial charge in [-0.15, -0.1) is 22.7 Å². The van der Waals surface area contributed by atoms with Gasteiger partial charge < -0.3 is 9.64 Å². The van der Waals surface area contributed by atoms with E-state index in [1.807, 2.05) is 17.5 Å². The van der Waals surface area contributed by atoms with Gasteiger partial charge in [0.15, 0.2) is 0 Å². The Morgan fingerprint density at radius 2 is 2.20 bits per heavy atom. The summed E-state index contributed by atoms with van der Waals surface area (Å²) in [6.45, 7) is 2.55. The van der Waals surface area contributed by atoms with Crippen LogP contribution in [0.2, 0.25) is 0 Å². The molecule has 1 amide bonds. The van der Waals surface area contributed by atoms with Crippen LogP contribution in [0.25, 0.3) is 0 Å². The van der Waals surface area contributed by atoms with Crippen molar-refractivity contribution in [3.63, 3.8) is 0 Å². The molecule has 2 aromatic rings. The van der Waals surface area contributed by atoms with E-state index in [4.69, 9.17) is 4.74 Å². The first kappa shape index (κ1) is 14.7. The molecule has 2 aromatic heterocycles. The molecule has 0 spiro atoms. The van der Waals surface area contributed by atoms with Crippen molar-refractivity contribution in [3.05, 3.63) is 38.5 Å². The second-order valence-corrected chi connectivity index (χ2v) is 5.89. The zero-order chi connectivity index (χ0) is 14.5. The lowest BCUT2D eigenvalue weighted by Crippen LogP contribution is -2.26. The summed E-state index contributed by atoms with van der Waals surface area (Å²) in [6, 6.07) is 3.92. The monoisotopic (exact) mass is 310 g/mol. The van der Waals surface area contributed by atoms with Gasteiger partial charge in [0.1, 0.15) is 5.69 Å². The smallest absolute Gasteiger partial charge is 0.367 e. The van der Waals surface area contributed by atoms with Gasteiger partial charge in [-0.05, 0) is 18.4 Å². The summed E-state index contributed by atoms with van der Waals surface area (Å²) < 4.78 is 4.85. The summed E-state index contributed by atoms with van der Waals surface area (Å²) in [5.74, 6) is -0.692. The number of hydrogen-bond acceptors (Lipinski definition) is 6. The highest BCUT2D eigenvalue weighted by Gasteiger charge is 2.19. The van der Waals surface area contributed by atoms with Crippen LogP contribution < -0.4 is 0 Å². The minimum Gasteiger partial charge on any atom is -0.461 e. The minimum absolute atomic E-state index is 0.204. The molecule has 0 aliphatic heterocycles. The van der Waals surface area contributed by atoms with Gasteiger partial charge in [0.2, 0.25) is 5.01 Å². The second kappa shape index (κ2) is 6.62. The highest BCUT2D eigenvalue weighted by Crippen LogP contribution is 2.15. The maximum Gasteiger partial charge on any atom is 0.367 e. The molecule has 0 atom stereocenters. The van der Waals surface area contributed by atoms with E-state index in [0.29, 0.717) is 13.2 Å². The topological polar surface area (TPSA) is 59.5 Å². The molecular formula is C13H14N2O3S2. The van der Waals surface area contributed by atoms with Gasteiger partial charge in [-0.1, -0.05) is 6.07 Å². The Labute approximate surface area is 124 Å². The van der Waals surface area contributed by atoms with E-state index < -0.39 is 5.97 Å². The zero-order valence-electron chi connectivity index (χ0n) is 11.2. The fourth-order valence-corrected chi connectivity index (χ4v) is 3.00. The van der Waals surface area contributed by atoms with Crippen LogP contribution in [0.4, 0.5) is 0 Å². The summed E-state index contributed by atoms with van der Waals surface area (Å²) in [5.41, 5.74) is 0.275. The number of ether oxygens (including phenoxy) is 1. The SMILES string of the molecule is CCOC(=O)c1nc(C(=O)N(C)Cc2cccs2)cs1. The van der Waals surface area contributed by atoms with E-state index in [1.165, 1.54) is 0 Å². The molecule has 0 radical (unpaired) electrons. The third-order valence-electron chi connectivity index (χ3n) is 2.49. The number of rotatable bonds is 5. The first-order valence-electron chi connectivity index (χ1n) is 6.02. The standard InChI is InChI=1S/C13H14N2O3S2/c1-3-18-13(17)11-14-10(8-20-11)12(16)15(2)7-9-5-4-6-19-9/h4-6,8H,3,7H2,1-2H3. The van der Waals surface area contributed by atoms with Crippen molar-refractivity contribution >= 4 is 34.6 Å². The van der Waals surface area contributed by atoms with E-state index in [-0.39, 0.29) is 16.6 Å². The second-order valence-electron chi connectivity index (χ2n) is 4.00. The van der Waals surface area contributed by atoms with Crippen LogP contribution in [0.5, 0.6) is 0 Å². The summed E-state index contributed by atoms with van der Waals surface area (Å²) >= 11 is 2.72. The number of amides is 1. The number of esters is 1. The summed E-state index contributed by atoms with van der Waals surface area (Å²) in [7, 11) is 1.71. The Kier molecular flexibility index (Phi) is 4.86. The van der Waals surface area contributed by atoms with Gasteiger partial charge in [0.25, 0.3) is 5.91 Å². The lowest BCUT2D eigenvalue weighted by atomic mass is 10.4. The Morgan fingerprint density at radius 3 is 2.85 bits per heavy atom. The van der Waals surface area contributed by atoms with Crippen LogP contribution in [-0.2, 0) is 11.3 Å². The largest absolute Gasteiger partial charge is 0.461 e. The van der Waals surface area contributed by atoms with Crippen molar-refractivity contribution in [1.82, 2.24) is 9.88 Å². The van der Waals surface area contributed by atoms with Crippen molar-refractivity contribution in [1.29, 1.82) is 0 Å². The first-order chi connectivity index (χ1) is 9.61. The molecule has 2 rings (SSSR count). The van der Waals surface area contributed by atoms with Gasteiger partial charge in [-0.3, -0.25) is 4.79 Å². The highest BCUT2D eigenvalue weighted by molar-refractivity contribution is 7.11. The molecule has 0 saturated heterocycles.